The minimum Gasteiger partial charge on any atom is -0.381 e. The minimum atomic E-state index is -2.64. The molecule has 6 rings (SSSR count). The lowest BCUT2D eigenvalue weighted by atomic mass is 9.82. The monoisotopic (exact) mass is 535 g/mol. The quantitative estimate of drug-likeness (QED) is 0.395. The molecule has 11 heteroatoms. The molecule has 4 heterocycles. The highest BCUT2D eigenvalue weighted by Gasteiger charge is 2.52. The maximum Gasteiger partial charge on any atom is 0.333 e. The van der Waals surface area contributed by atoms with Crippen molar-refractivity contribution in [3.8, 4) is 0 Å². The van der Waals surface area contributed by atoms with Crippen molar-refractivity contribution in [3.05, 3.63) is 75.3 Å². The molecule has 6 nitrogen and oxygen atoms in total. The highest BCUT2D eigenvalue weighted by atomic mass is 35.5. The van der Waals surface area contributed by atoms with Gasteiger partial charge in [0, 0.05) is 58.7 Å². The summed E-state index contributed by atoms with van der Waals surface area (Å²) in [6.45, 7) is -1.37. The molecule has 2 unspecified atom stereocenters. The third-order valence-electron chi connectivity index (χ3n) is 6.98. The fourth-order valence-corrected chi connectivity index (χ4v) is 6.22. The van der Waals surface area contributed by atoms with Crippen LogP contribution in [0.1, 0.15) is 42.8 Å². The number of amidine groups is 1. The largest absolute Gasteiger partial charge is 0.381 e. The zero-order chi connectivity index (χ0) is 25.3. The van der Waals surface area contributed by atoms with E-state index in [4.69, 9.17) is 21.3 Å². The molecule has 1 saturated carbocycles. The van der Waals surface area contributed by atoms with Gasteiger partial charge in [-0.1, -0.05) is 24.1 Å². The van der Waals surface area contributed by atoms with Crippen molar-refractivity contribution in [2.75, 3.05) is 20.2 Å². The van der Waals surface area contributed by atoms with E-state index in [0.717, 1.165) is 54.3 Å². The van der Waals surface area contributed by atoms with Crippen LogP contribution in [0.3, 0.4) is 0 Å². The Bertz CT molecular complexity index is 1260. The maximum absolute atomic E-state index is 13.0. The first kappa shape index (κ1) is 25.0. The SMILES string of the molecule is COC1CCCC12CC1=C(c3cnn(C(F)F)c3)CN=C(c3nccs3)N1C2.Fc1cccc(Cl)c1. The summed E-state index contributed by atoms with van der Waals surface area (Å²) in [4.78, 5) is 11.5. The Labute approximate surface area is 216 Å². The number of fused-ring (bicyclic) bond motifs is 1. The normalized spacial score (nSPS) is 23.2. The van der Waals surface area contributed by atoms with Gasteiger partial charge in [0.2, 0.25) is 0 Å². The lowest BCUT2D eigenvalue weighted by molar-refractivity contribution is 0.0187. The number of aromatic nitrogens is 3. The number of ether oxygens (including phenoxy) is 1. The molecule has 0 N–H and O–H groups in total. The van der Waals surface area contributed by atoms with Crippen LogP contribution in [0.5, 0.6) is 0 Å². The van der Waals surface area contributed by atoms with Gasteiger partial charge in [-0.05, 0) is 37.5 Å². The van der Waals surface area contributed by atoms with E-state index < -0.39 is 6.55 Å². The first-order chi connectivity index (χ1) is 17.4. The predicted octanol–water partition coefficient (Wildman–Crippen LogP) is 6.28. The van der Waals surface area contributed by atoms with E-state index in [1.807, 2.05) is 5.38 Å². The average molecular weight is 536 g/mol. The van der Waals surface area contributed by atoms with Gasteiger partial charge in [0.05, 0.1) is 18.8 Å². The summed E-state index contributed by atoms with van der Waals surface area (Å²) in [5.41, 5.74) is 2.88. The van der Waals surface area contributed by atoms with Crippen LogP contribution < -0.4 is 0 Å². The Kier molecular flexibility index (Phi) is 7.18. The Balaban J connectivity index is 0.000000286. The van der Waals surface area contributed by atoms with Gasteiger partial charge in [-0.25, -0.2) is 14.1 Å². The lowest BCUT2D eigenvalue weighted by Crippen LogP contribution is -2.38. The second-order valence-electron chi connectivity index (χ2n) is 9.07. The number of rotatable bonds is 4. The van der Waals surface area contributed by atoms with Crippen molar-refractivity contribution in [1.29, 1.82) is 0 Å². The van der Waals surface area contributed by atoms with Gasteiger partial charge in [-0.15, -0.1) is 11.3 Å². The van der Waals surface area contributed by atoms with Crippen LogP contribution in [0.25, 0.3) is 5.57 Å². The topological polar surface area (TPSA) is 55.5 Å². The molecule has 0 amide bonds. The smallest absolute Gasteiger partial charge is 0.333 e. The maximum atomic E-state index is 13.0. The second kappa shape index (κ2) is 10.4. The summed E-state index contributed by atoms with van der Waals surface area (Å²) in [5, 5.41) is 7.10. The van der Waals surface area contributed by atoms with Gasteiger partial charge in [0.15, 0.2) is 10.8 Å². The number of benzene rings is 1. The summed E-state index contributed by atoms with van der Waals surface area (Å²) in [7, 11) is 1.78. The van der Waals surface area contributed by atoms with E-state index in [9.17, 15) is 13.2 Å². The number of nitrogens with zero attached hydrogens (tertiary/aromatic N) is 5. The molecule has 190 valence electrons. The van der Waals surface area contributed by atoms with Crippen molar-refractivity contribution in [3.63, 3.8) is 0 Å². The summed E-state index contributed by atoms with van der Waals surface area (Å²) in [6.07, 6.45) is 9.08. The van der Waals surface area contributed by atoms with Crippen LogP contribution in [-0.2, 0) is 4.74 Å². The van der Waals surface area contributed by atoms with Crippen LogP contribution in [-0.4, -0.2) is 51.8 Å². The van der Waals surface area contributed by atoms with E-state index in [1.165, 1.54) is 24.5 Å². The standard InChI is InChI=1S/C19H21F2N5OS.C6H4ClF/c1-27-15-3-2-4-19(15)7-14-13(12-8-24-26(10-12)18(20)21)9-23-16(25(14)11-19)17-22-5-6-28-17;7-5-2-1-3-6(8)4-5/h5-6,8,10,15,18H,2-4,7,9,11H2,1H3;1-4H. The molecule has 1 spiro atoms. The highest BCUT2D eigenvalue weighted by molar-refractivity contribution is 7.11. The van der Waals surface area contributed by atoms with Gasteiger partial charge in [-0.3, -0.25) is 4.99 Å². The average Bonchev–Trinajstić information content (AvgIpc) is 3.65. The van der Waals surface area contributed by atoms with Crippen molar-refractivity contribution in [1.82, 2.24) is 19.7 Å². The Morgan fingerprint density at radius 2 is 2.17 bits per heavy atom. The first-order valence-electron chi connectivity index (χ1n) is 11.6. The third-order valence-corrected chi connectivity index (χ3v) is 7.98. The van der Waals surface area contributed by atoms with Gasteiger partial charge in [0.25, 0.3) is 0 Å². The number of methoxy groups -OCH3 is 1. The number of thiazole rings is 1. The minimum absolute atomic E-state index is 0.0381. The molecule has 2 atom stereocenters. The fourth-order valence-electron chi connectivity index (χ4n) is 5.39. The fraction of sp³-hybridized carbons (Fsp3) is 0.400. The van der Waals surface area contributed by atoms with Crippen LogP contribution in [0.4, 0.5) is 13.2 Å². The Morgan fingerprint density at radius 3 is 2.81 bits per heavy atom. The van der Waals surface area contributed by atoms with E-state index >= 15 is 0 Å². The van der Waals surface area contributed by atoms with Crippen LogP contribution >= 0.6 is 22.9 Å². The van der Waals surface area contributed by atoms with E-state index in [2.05, 4.69) is 15.0 Å². The van der Waals surface area contributed by atoms with Crippen molar-refractivity contribution in [2.24, 2.45) is 10.4 Å². The molecule has 0 radical (unpaired) electrons. The van der Waals surface area contributed by atoms with Crippen molar-refractivity contribution < 1.29 is 17.9 Å². The van der Waals surface area contributed by atoms with Gasteiger partial charge in [0.1, 0.15) is 5.82 Å². The zero-order valence-electron chi connectivity index (χ0n) is 19.6. The lowest BCUT2D eigenvalue weighted by Gasteiger charge is -2.30. The predicted molar refractivity (Wildman–Crippen MR) is 134 cm³/mol. The number of allylic oxidation sites excluding steroid dienone is 1. The summed E-state index contributed by atoms with van der Waals surface area (Å²) in [5.74, 6) is 0.589. The number of hydrogen-bond acceptors (Lipinski definition) is 6. The number of aliphatic imine (C=N–C) groups is 1. The zero-order valence-corrected chi connectivity index (χ0v) is 21.2. The molecule has 2 fully saturated rings. The summed E-state index contributed by atoms with van der Waals surface area (Å²) >= 11 is 6.97. The molecule has 2 aromatic heterocycles. The number of hydrogen-bond donors (Lipinski definition) is 0. The Hall–Kier alpha value is -2.69. The molecule has 3 aliphatic rings. The van der Waals surface area contributed by atoms with E-state index in [-0.39, 0.29) is 17.3 Å². The van der Waals surface area contributed by atoms with Crippen LogP contribution in [0, 0.1) is 11.2 Å². The molecule has 3 aromatic rings. The van der Waals surface area contributed by atoms with Gasteiger partial charge in [-0.2, -0.15) is 13.9 Å². The van der Waals surface area contributed by atoms with E-state index in [0.29, 0.717) is 21.8 Å². The molecular formula is C25H25ClF3N5OS. The summed E-state index contributed by atoms with van der Waals surface area (Å²) in [6, 6.07) is 5.82. The molecule has 0 bridgehead atoms. The van der Waals surface area contributed by atoms with Gasteiger partial charge < -0.3 is 9.64 Å². The second-order valence-corrected chi connectivity index (χ2v) is 10.4. The molecule has 36 heavy (non-hydrogen) atoms. The molecule has 1 aliphatic carbocycles. The van der Waals surface area contributed by atoms with Gasteiger partial charge >= 0.3 is 6.55 Å². The number of halogens is 4. The highest BCUT2D eigenvalue weighted by Crippen LogP contribution is 2.53. The molecule has 1 saturated heterocycles. The number of alkyl halides is 2. The van der Waals surface area contributed by atoms with E-state index in [1.54, 1.807) is 36.8 Å². The third kappa shape index (κ3) is 4.81. The Morgan fingerprint density at radius 1 is 1.31 bits per heavy atom. The first-order valence-corrected chi connectivity index (χ1v) is 12.9. The molecular weight excluding hydrogens is 511 g/mol. The molecule has 2 aliphatic heterocycles. The van der Waals surface area contributed by atoms with Crippen molar-refractivity contribution in [2.45, 2.75) is 38.3 Å². The summed E-state index contributed by atoms with van der Waals surface area (Å²) < 4.78 is 44.7. The van der Waals surface area contributed by atoms with Crippen molar-refractivity contribution >= 4 is 34.3 Å². The van der Waals surface area contributed by atoms with Crippen LogP contribution in [0.15, 0.2) is 58.9 Å². The molecule has 1 aromatic carbocycles. The van der Waals surface area contributed by atoms with Crippen LogP contribution in [0.2, 0.25) is 5.02 Å².